The average Bonchev–Trinajstić information content (AvgIpc) is 3.86. The number of hydrogen-bond acceptors (Lipinski definition) is 5. The molecule has 2 heterocycles. The maximum absolute atomic E-state index is 15.1. The minimum Gasteiger partial charge on any atom is -0.494 e. The third-order valence-electron chi connectivity index (χ3n) is 8.01. The van der Waals surface area contributed by atoms with Crippen LogP contribution in [0.4, 0.5) is 13.2 Å². The molecule has 0 spiro atoms. The first-order valence-corrected chi connectivity index (χ1v) is 15.4. The molecular weight excluding hydrogens is 617 g/mol. The first-order valence-electron chi connectivity index (χ1n) is 14.6. The lowest BCUT2D eigenvalue weighted by molar-refractivity contribution is 0.419. The molecule has 4 aromatic rings. The van der Waals surface area contributed by atoms with Gasteiger partial charge in [0.05, 0.1) is 12.8 Å². The minimum atomic E-state index is -1.21. The van der Waals surface area contributed by atoms with E-state index < -0.39 is 17.5 Å². The van der Waals surface area contributed by atoms with Gasteiger partial charge in [0.25, 0.3) is 0 Å². The number of nitrogens with zero attached hydrogens (tertiary/aromatic N) is 3. The van der Waals surface area contributed by atoms with Crippen molar-refractivity contribution in [3.63, 3.8) is 0 Å². The third-order valence-corrected chi connectivity index (χ3v) is 8.44. The Morgan fingerprint density at radius 3 is 2.42 bits per heavy atom. The number of methoxy groups -OCH3 is 1. The standard InChI is InChI=1S/C33H33BrF3N3O.CH5N/c1-5-18(3)24-13-30(40-33(23(24)6-2)25-12-28(36)29(37)14-27(25)35)26(20-7-8-20)17-38-15-19-9-21-11-22(34)16-39-32(21)31(10-19)41-4;1-2/h9-16,18,20,26H,5-8,17H2,1-4H3;2H2,1H3. The van der Waals surface area contributed by atoms with E-state index in [1.54, 1.807) is 13.3 Å². The van der Waals surface area contributed by atoms with Crippen LogP contribution in [-0.2, 0) is 6.42 Å². The largest absolute Gasteiger partial charge is 0.494 e. The van der Waals surface area contributed by atoms with Gasteiger partial charge in [-0.2, -0.15) is 0 Å². The van der Waals surface area contributed by atoms with Crippen molar-refractivity contribution >= 4 is 33.0 Å². The quantitative estimate of drug-likeness (QED) is 0.137. The Morgan fingerprint density at radius 2 is 1.77 bits per heavy atom. The average molecular weight is 656 g/mol. The topological polar surface area (TPSA) is 73.4 Å². The normalized spacial score (nSPS) is 14.5. The highest BCUT2D eigenvalue weighted by atomic mass is 79.9. The smallest absolute Gasteiger partial charge is 0.161 e. The van der Waals surface area contributed by atoms with Gasteiger partial charge in [0.2, 0.25) is 0 Å². The van der Waals surface area contributed by atoms with Crippen LogP contribution in [0.25, 0.3) is 22.2 Å². The molecule has 2 atom stereocenters. The second kappa shape index (κ2) is 14.4. The molecule has 5 nitrogen and oxygen atoms in total. The fourth-order valence-corrected chi connectivity index (χ4v) is 5.81. The summed E-state index contributed by atoms with van der Waals surface area (Å²) in [5, 5.41) is 0.937. The van der Waals surface area contributed by atoms with Crippen molar-refractivity contribution in [1.29, 1.82) is 0 Å². The van der Waals surface area contributed by atoms with E-state index in [9.17, 15) is 8.78 Å². The van der Waals surface area contributed by atoms with E-state index in [4.69, 9.17) is 14.7 Å². The van der Waals surface area contributed by atoms with E-state index >= 15 is 4.39 Å². The summed E-state index contributed by atoms with van der Waals surface area (Å²) in [6.07, 6.45) is 7.19. The second-order valence-electron chi connectivity index (χ2n) is 10.8. The lowest BCUT2D eigenvalue weighted by Gasteiger charge is -2.23. The predicted molar refractivity (Wildman–Crippen MR) is 172 cm³/mol. The van der Waals surface area contributed by atoms with Crippen molar-refractivity contribution in [2.75, 3.05) is 20.7 Å². The molecule has 9 heteroatoms. The van der Waals surface area contributed by atoms with Gasteiger partial charge in [-0.05, 0) is 108 Å². The van der Waals surface area contributed by atoms with E-state index in [2.05, 4.69) is 46.6 Å². The molecule has 43 heavy (non-hydrogen) atoms. The van der Waals surface area contributed by atoms with Gasteiger partial charge >= 0.3 is 0 Å². The van der Waals surface area contributed by atoms with E-state index in [-0.39, 0.29) is 17.4 Å². The molecule has 2 N–H and O–H groups in total. The van der Waals surface area contributed by atoms with Crippen molar-refractivity contribution in [1.82, 2.24) is 9.97 Å². The van der Waals surface area contributed by atoms with Crippen LogP contribution < -0.4 is 10.5 Å². The van der Waals surface area contributed by atoms with Crippen LogP contribution in [0.5, 0.6) is 5.75 Å². The third kappa shape index (κ3) is 7.27. The highest BCUT2D eigenvalue weighted by Crippen LogP contribution is 2.44. The maximum atomic E-state index is 15.1. The molecule has 1 aliphatic carbocycles. The molecule has 0 amide bonds. The number of aliphatic imine (C=N–C) groups is 1. The molecule has 1 aliphatic rings. The molecular formula is C34H38BrF3N4O. The Labute approximate surface area is 259 Å². The zero-order valence-electron chi connectivity index (χ0n) is 25.2. The fourth-order valence-electron chi connectivity index (χ4n) is 5.46. The summed E-state index contributed by atoms with van der Waals surface area (Å²) in [6.45, 7) is 6.73. The van der Waals surface area contributed by atoms with Gasteiger partial charge in [-0.25, -0.2) is 13.2 Å². The molecule has 2 aromatic heterocycles. The summed E-state index contributed by atoms with van der Waals surface area (Å²) >= 11 is 3.48. The van der Waals surface area contributed by atoms with Crippen LogP contribution in [0.15, 0.2) is 52.1 Å². The summed E-state index contributed by atoms with van der Waals surface area (Å²) in [7, 11) is 3.12. The molecule has 2 aromatic carbocycles. The first kappa shape index (κ1) is 32.6. The molecule has 1 fully saturated rings. The van der Waals surface area contributed by atoms with Crippen molar-refractivity contribution in [2.24, 2.45) is 16.6 Å². The minimum absolute atomic E-state index is 0.00627. The number of benzene rings is 2. The van der Waals surface area contributed by atoms with Crippen molar-refractivity contribution in [3.05, 3.63) is 86.9 Å². The highest BCUT2D eigenvalue weighted by molar-refractivity contribution is 9.10. The summed E-state index contributed by atoms with van der Waals surface area (Å²) < 4.78 is 49.6. The van der Waals surface area contributed by atoms with Gasteiger partial charge < -0.3 is 10.5 Å². The monoisotopic (exact) mass is 654 g/mol. The highest BCUT2D eigenvalue weighted by Gasteiger charge is 2.34. The lowest BCUT2D eigenvalue weighted by atomic mass is 9.86. The maximum Gasteiger partial charge on any atom is 0.161 e. The molecule has 0 aliphatic heterocycles. The van der Waals surface area contributed by atoms with Crippen LogP contribution in [0.1, 0.15) is 74.3 Å². The Bertz CT molecular complexity index is 1620. The number of aromatic nitrogens is 2. The van der Waals surface area contributed by atoms with Crippen LogP contribution in [0.2, 0.25) is 0 Å². The SMILES string of the molecule is CCc1c(C(C)CC)cc(C(CN=Cc2cc(OC)c3ncc(Br)cc3c2)C2CC2)nc1-c1cc(F)c(F)cc1F.CN. The number of fused-ring (bicyclic) bond motifs is 1. The van der Waals surface area contributed by atoms with Crippen LogP contribution >= 0.6 is 15.9 Å². The van der Waals surface area contributed by atoms with E-state index in [0.29, 0.717) is 36.4 Å². The predicted octanol–water partition coefficient (Wildman–Crippen LogP) is 8.75. The Morgan fingerprint density at radius 1 is 1.05 bits per heavy atom. The van der Waals surface area contributed by atoms with Gasteiger partial charge in [-0.1, -0.05) is 20.8 Å². The number of hydrogen-bond donors (Lipinski definition) is 1. The van der Waals surface area contributed by atoms with Crippen LogP contribution in [0.3, 0.4) is 0 Å². The molecule has 2 unspecified atom stereocenters. The van der Waals surface area contributed by atoms with Gasteiger partial charge in [0.15, 0.2) is 11.6 Å². The van der Waals surface area contributed by atoms with Gasteiger partial charge in [-0.15, -0.1) is 0 Å². The molecule has 1 saturated carbocycles. The Hall–Kier alpha value is -3.30. The van der Waals surface area contributed by atoms with E-state index in [1.807, 2.05) is 31.3 Å². The van der Waals surface area contributed by atoms with Crippen LogP contribution in [-0.4, -0.2) is 36.9 Å². The van der Waals surface area contributed by atoms with Crippen LogP contribution in [0, 0.1) is 23.4 Å². The Kier molecular flexibility index (Phi) is 11.0. The Balaban J connectivity index is 0.00000207. The summed E-state index contributed by atoms with van der Waals surface area (Å²) in [5.41, 5.74) is 9.32. The van der Waals surface area contributed by atoms with E-state index in [1.165, 1.54) is 7.05 Å². The summed E-state index contributed by atoms with van der Waals surface area (Å²) in [6, 6.07) is 9.60. The molecule has 228 valence electrons. The second-order valence-corrected chi connectivity index (χ2v) is 11.7. The fraction of sp³-hybridized carbons (Fsp3) is 0.382. The number of ether oxygens (including phenoxy) is 1. The van der Waals surface area contributed by atoms with Crippen molar-refractivity contribution < 1.29 is 17.9 Å². The number of halogens is 4. The van der Waals surface area contributed by atoms with Crippen molar-refractivity contribution in [2.45, 2.75) is 58.3 Å². The molecule has 0 bridgehead atoms. The van der Waals surface area contributed by atoms with Gasteiger partial charge in [-0.3, -0.25) is 15.0 Å². The van der Waals surface area contributed by atoms with Crippen molar-refractivity contribution in [3.8, 4) is 17.0 Å². The van der Waals surface area contributed by atoms with Gasteiger partial charge in [0.1, 0.15) is 17.1 Å². The zero-order chi connectivity index (χ0) is 31.3. The first-order chi connectivity index (χ1) is 20.7. The molecule has 0 radical (unpaired) electrons. The summed E-state index contributed by atoms with van der Waals surface area (Å²) in [4.78, 5) is 14.3. The lowest BCUT2D eigenvalue weighted by Crippen LogP contribution is -2.13. The number of rotatable bonds is 10. The number of pyridine rings is 2. The summed E-state index contributed by atoms with van der Waals surface area (Å²) in [5.74, 6) is -1.82. The molecule has 5 rings (SSSR count). The zero-order valence-corrected chi connectivity index (χ0v) is 26.8. The molecule has 0 saturated heterocycles. The number of nitrogens with two attached hydrogens (primary N) is 1. The van der Waals surface area contributed by atoms with E-state index in [0.717, 1.165) is 63.1 Å². The van der Waals surface area contributed by atoms with Gasteiger partial charge in [0, 0.05) is 52.1 Å².